The lowest BCUT2D eigenvalue weighted by Crippen LogP contribution is -2.49. The molecule has 2 atom stereocenters. The first kappa shape index (κ1) is 25.9. The zero-order valence-electron chi connectivity index (χ0n) is 21.5. The SMILES string of the molecule is O=C(C1=C[C@H](c2coc3ccccc3c2=O)C[C@H](OCCCCO)O1)N1CCC(N2CCCCC2)CC1. The van der Waals surface area contributed by atoms with Crippen LogP contribution in [-0.4, -0.2) is 72.5 Å². The van der Waals surface area contributed by atoms with Crippen LogP contribution in [0.2, 0.25) is 0 Å². The average molecular weight is 511 g/mol. The van der Waals surface area contributed by atoms with E-state index in [0.717, 1.165) is 25.9 Å². The topological polar surface area (TPSA) is 92.5 Å². The number of unbranched alkanes of at least 4 members (excludes halogenated alkanes) is 1. The van der Waals surface area contributed by atoms with Gasteiger partial charge in [-0.25, -0.2) is 0 Å². The van der Waals surface area contributed by atoms with E-state index in [2.05, 4.69) is 4.90 Å². The largest absolute Gasteiger partial charge is 0.464 e. The van der Waals surface area contributed by atoms with Crippen molar-refractivity contribution in [2.75, 3.05) is 39.4 Å². The minimum absolute atomic E-state index is 0.0989. The second kappa shape index (κ2) is 12.2. The monoisotopic (exact) mass is 510 g/mol. The van der Waals surface area contributed by atoms with Gasteiger partial charge in [0.1, 0.15) is 5.58 Å². The van der Waals surface area contributed by atoms with E-state index in [1.54, 1.807) is 18.2 Å². The number of para-hydroxylation sites is 1. The summed E-state index contributed by atoms with van der Waals surface area (Å²) in [5.74, 6) is -0.259. The second-order valence-electron chi connectivity index (χ2n) is 10.4. The summed E-state index contributed by atoms with van der Waals surface area (Å²) in [5, 5.41) is 9.60. The van der Waals surface area contributed by atoms with Crippen molar-refractivity contribution in [3.8, 4) is 0 Å². The van der Waals surface area contributed by atoms with E-state index < -0.39 is 6.29 Å². The normalized spacial score (nSPS) is 23.6. The number of allylic oxidation sites excluding steroid dienone is 1. The highest BCUT2D eigenvalue weighted by Crippen LogP contribution is 2.32. The molecule has 3 aliphatic heterocycles. The smallest absolute Gasteiger partial charge is 0.288 e. The number of rotatable bonds is 8. The zero-order valence-corrected chi connectivity index (χ0v) is 21.5. The van der Waals surface area contributed by atoms with E-state index in [1.807, 2.05) is 17.0 Å². The summed E-state index contributed by atoms with van der Waals surface area (Å²) in [7, 11) is 0. The van der Waals surface area contributed by atoms with Gasteiger partial charge in [0.15, 0.2) is 11.2 Å². The number of carbonyl (C=O) groups excluding carboxylic acids is 1. The van der Waals surface area contributed by atoms with Crippen LogP contribution < -0.4 is 5.43 Å². The number of carbonyl (C=O) groups is 1. The van der Waals surface area contributed by atoms with Crippen molar-refractivity contribution in [3.63, 3.8) is 0 Å². The van der Waals surface area contributed by atoms with Gasteiger partial charge in [-0.05, 0) is 69.8 Å². The Morgan fingerprint density at radius 2 is 1.84 bits per heavy atom. The number of fused-ring (bicyclic) bond motifs is 1. The summed E-state index contributed by atoms with van der Waals surface area (Å²) in [5.41, 5.74) is 0.940. The Morgan fingerprint density at radius 1 is 1.05 bits per heavy atom. The molecule has 8 nitrogen and oxygen atoms in total. The number of aliphatic hydroxyl groups is 1. The summed E-state index contributed by atoms with van der Waals surface area (Å²) in [6.07, 6.45) is 10.2. The predicted molar refractivity (Wildman–Crippen MR) is 140 cm³/mol. The zero-order chi connectivity index (χ0) is 25.6. The number of piperidine rings is 2. The van der Waals surface area contributed by atoms with Crippen LogP contribution in [-0.2, 0) is 14.3 Å². The molecule has 0 spiro atoms. The number of hydrogen-bond donors (Lipinski definition) is 1. The lowest BCUT2D eigenvalue weighted by atomic mass is 9.93. The molecule has 5 rings (SSSR count). The first-order valence-electron chi connectivity index (χ1n) is 13.8. The molecule has 1 aromatic carbocycles. The fourth-order valence-corrected chi connectivity index (χ4v) is 5.78. The summed E-state index contributed by atoms with van der Waals surface area (Å²) in [6.45, 7) is 4.24. The molecule has 2 fully saturated rings. The molecule has 0 bridgehead atoms. The Kier molecular flexibility index (Phi) is 8.59. The number of aliphatic hydroxyl groups excluding tert-OH is 1. The van der Waals surface area contributed by atoms with Crippen molar-refractivity contribution in [2.24, 2.45) is 0 Å². The van der Waals surface area contributed by atoms with Gasteiger partial charge in [-0.3, -0.25) is 9.59 Å². The van der Waals surface area contributed by atoms with Crippen LogP contribution in [0.4, 0.5) is 0 Å². The highest BCUT2D eigenvalue weighted by molar-refractivity contribution is 5.92. The molecule has 0 radical (unpaired) electrons. The van der Waals surface area contributed by atoms with Gasteiger partial charge in [-0.2, -0.15) is 0 Å². The summed E-state index contributed by atoms with van der Waals surface area (Å²) >= 11 is 0. The van der Waals surface area contributed by atoms with Crippen molar-refractivity contribution in [1.29, 1.82) is 0 Å². The first-order valence-corrected chi connectivity index (χ1v) is 13.8. The molecule has 2 aromatic rings. The van der Waals surface area contributed by atoms with E-state index in [0.29, 0.717) is 61.5 Å². The van der Waals surface area contributed by atoms with Gasteiger partial charge in [0, 0.05) is 43.6 Å². The molecule has 1 aromatic heterocycles. The Hall–Kier alpha value is -2.68. The van der Waals surface area contributed by atoms with E-state index in [1.165, 1.54) is 25.5 Å². The summed E-state index contributed by atoms with van der Waals surface area (Å²) < 4.78 is 17.8. The van der Waals surface area contributed by atoms with E-state index in [4.69, 9.17) is 19.0 Å². The van der Waals surface area contributed by atoms with Gasteiger partial charge in [0.05, 0.1) is 18.3 Å². The highest BCUT2D eigenvalue weighted by atomic mass is 16.7. The van der Waals surface area contributed by atoms with Gasteiger partial charge in [-0.15, -0.1) is 0 Å². The molecule has 0 aliphatic carbocycles. The van der Waals surface area contributed by atoms with Gasteiger partial charge >= 0.3 is 0 Å². The summed E-state index contributed by atoms with van der Waals surface area (Å²) in [6, 6.07) is 7.73. The number of ether oxygens (including phenoxy) is 2. The molecule has 4 heterocycles. The van der Waals surface area contributed by atoms with Gasteiger partial charge in [0.25, 0.3) is 5.91 Å². The van der Waals surface area contributed by atoms with E-state index >= 15 is 0 Å². The Morgan fingerprint density at radius 3 is 2.62 bits per heavy atom. The fraction of sp³-hybridized carbons (Fsp3) is 0.586. The van der Waals surface area contributed by atoms with Crippen LogP contribution in [0.1, 0.15) is 62.8 Å². The third kappa shape index (κ3) is 6.08. The molecule has 1 N–H and O–H groups in total. The van der Waals surface area contributed by atoms with Crippen molar-refractivity contribution < 1.29 is 23.8 Å². The molecule has 0 unspecified atom stereocenters. The Bertz CT molecular complexity index is 1150. The van der Waals surface area contributed by atoms with Crippen LogP contribution in [0, 0.1) is 0 Å². The first-order chi connectivity index (χ1) is 18.1. The Labute approximate surface area is 217 Å². The maximum absolute atomic E-state index is 13.6. The number of amides is 1. The molecule has 2 saturated heterocycles. The van der Waals surface area contributed by atoms with E-state index in [-0.39, 0.29) is 29.6 Å². The van der Waals surface area contributed by atoms with Crippen LogP contribution in [0.15, 0.2) is 51.6 Å². The third-order valence-corrected chi connectivity index (χ3v) is 7.89. The summed E-state index contributed by atoms with van der Waals surface area (Å²) in [4.78, 5) is 31.3. The van der Waals surface area contributed by atoms with Crippen molar-refractivity contribution in [2.45, 2.75) is 69.6 Å². The predicted octanol–water partition coefficient (Wildman–Crippen LogP) is 3.77. The van der Waals surface area contributed by atoms with Crippen molar-refractivity contribution in [3.05, 3.63) is 58.2 Å². The number of hydrogen-bond acceptors (Lipinski definition) is 7. The molecule has 0 saturated carbocycles. The van der Waals surface area contributed by atoms with Crippen molar-refractivity contribution in [1.82, 2.24) is 9.80 Å². The van der Waals surface area contributed by atoms with Crippen LogP contribution >= 0.6 is 0 Å². The second-order valence-corrected chi connectivity index (χ2v) is 10.4. The molecule has 3 aliphatic rings. The van der Waals surface area contributed by atoms with E-state index in [9.17, 15) is 9.59 Å². The standard InChI is InChI=1S/C29H38N2O6/c32-16-6-7-17-35-27-19-21(24-20-36-25-9-3-2-8-23(25)28(24)33)18-26(37-27)29(34)31-14-10-22(11-15-31)30-12-4-1-5-13-30/h2-3,8-9,18,20-22,27,32H,1,4-7,10-17,19H2/t21-,27+/m0/s1. The molecule has 1 amide bonds. The average Bonchev–Trinajstić information content (AvgIpc) is 2.96. The molecule has 8 heteroatoms. The Balaban J connectivity index is 1.33. The lowest BCUT2D eigenvalue weighted by Gasteiger charge is -2.40. The minimum Gasteiger partial charge on any atom is -0.464 e. The van der Waals surface area contributed by atoms with Gasteiger partial charge in [0.2, 0.25) is 6.29 Å². The van der Waals surface area contributed by atoms with Crippen LogP contribution in [0.25, 0.3) is 11.0 Å². The fourth-order valence-electron chi connectivity index (χ4n) is 5.78. The molecule has 37 heavy (non-hydrogen) atoms. The number of nitrogens with zero attached hydrogens (tertiary/aromatic N) is 2. The number of benzene rings is 1. The molecule has 200 valence electrons. The third-order valence-electron chi connectivity index (χ3n) is 7.89. The highest BCUT2D eigenvalue weighted by Gasteiger charge is 2.34. The van der Waals surface area contributed by atoms with Gasteiger partial charge < -0.3 is 28.8 Å². The minimum atomic E-state index is -0.649. The lowest BCUT2D eigenvalue weighted by molar-refractivity contribution is -0.154. The molecular formula is C29H38N2O6. The quantitative estimate of drug-likeness (QED) is 0.541. The van der Waals surface area contributed by atoms with Crippen LogP contribution in [0.3, 0.4) is 0 Å². The number of likely N-dealkylation sites (tertiary alicyclic amines) is 2. The van der Waals surface area contributed by atoms with Gasteiger partial charge in [-0.1, -0.05) is 18.6 Å². The van der Waals surface area contributed by atoms with Crippen molar-refractivity contribution >= 4 is 16.9 Å². The maximum atomic E-state index is 13.6. The maximum Gasteiger partial charge on any atom is 0.288 e. The molecular weight excluding hydrogens is 472 g/mol. The van der Waals surface area contributed by atoms with Crippen LogP contribution in [0.5, 0.6) is 0 Å².